The second kappa shape index (κ2) is 5.47. The summed E-state index contributed by atoms with van der Waals surface area (Å²) in [6, 6.07) is 2.30. The number of carbonyl (C=O) groups excluding carboxylic acids is 1. The lowest BCUT2D eigenvalue weighted by Gasteiger charge is -2.40. The first kappa shape index (κ1) is 15.7. The molecule has 1 amide bonds. The number of benzene rings is 1. The van der Waals surface area contributed by atoms with Crippen molar-refractivity contribution in [2.24, 2.45) is 0 Å². The molecule has 1 aromatic rings. The molecule has 8 heteroatoms. The van der Waals surface area contributed by atoms with Crippen LogP contribution in [-0.4, -0.2) is 48.7 Å². The molecule has 0 N–H and O–H groups in total. The highest BCUT2D eigenvalue weighted by molar-refractivity contribution is 7.89. The lowest BCUT2D eigenvalue weighted by Crippen LogP contribution is -2.59. The van der Waals surface area contributed by atoms with Crippen molar-refractivity contribution in [1.29, 1.82) is 0 Å². The predicted molar refractivity (Wildman–Crippen MR) is 79.5 cm³/mol. The molecule has 22 heavy (non-hydrogen) atoms. The van der Waals surface area contributed by atoms with Gasteiger partial charge in [-0.3, -0.25) is 4.79 Å². The number of carbonyl (C=O) groups is 1. The van der Waals surface area contributed by atoms with Gasteiger partial charge in [0.05, 0.1) is 5.02 Å². The zero-order chi connectivity index (χ0) is 16.1. The van der Waals surface area contributed by atoms with Crippen molar-refractivity contribution in [3.05, 3.63) is 29.0 Å². The lowest BCUT2D eigenvalue weighted by atomic mass is 10.1. The minimum absolute atomic E-state index is 0.0855. The van der Waals surface area contributed by atoms with Crippen LogP contribution in [0.15, 0.2) is 23.1 Å². The Bertz CT molecular complexity index is 725. The van der Waals surface area contributed by atoms with Gasteiger partial charge in [-0.05, 0) is 38.0 Å². The molecule has 1 aromatic carbocycles. The third-order valence-corrected chi connectivity index (χ3v) is 6.74. The zero-order valence-corrected chi connectivity index (χ0v) is 13.6. The summed E-state index contributed by atoms with van der Waals surface area (Å²) in [5, 5.41) is -0.173. The van der Waals surface area contributed by atoms with E-state index in [4.69, 9.17) is 11.6 Å². The number of fused-ring (bicyclic) bond motifs is 1. The van der Waals surface area contributed by atoms with Gasteiger partial charge in [-0.1, -0.05) is 11.6 Å². The number of hydrogen-bond acceptors (Lipinski definition) is 3. The van der Waals surface area contributed by atoms with Crippen LogP contribution in [0.4, 0.5) is 4.39 Å². The molecular weight excluding hydrogens is 331 g/mol. The summed E-state index contributed by atoms with van der Waals surface area (Å²) < 4.78 is 39.9. The fourth-order valence-electron chi connectivity index (χ4n) is 3.16. The van der Waals surface area contributed by atoms with E-state index in [1.54, 1.807) is 11.8 Å². The van der Waals surface area contributed by atoms with Crippen molar-refractivity contribution < 1.29 is 17.6 Å². The van der Waals surface area contributed by atoms with Crippen LogP contribution >= 0.6 is 11.6 Å². The fraction of sp³-hybridized carbons (Fsp3) is 0.500. The molecular formula is C14H16ClFN2O3S. The highest BCUT2D eigenvalue weighted by Crippen LogP contribution is 2.32. The molecule has 0 spiro atoms. The maximum absolute atomic E-state index is 13.1. The average molecular weight is 347 g/mol. The maximum Gasteiger partial charge on any atom is 0.245 e. The van der Waals surface area contributed by atoms with E-state index in [9.17, 15) is 17.6 Å². The van der Waals surface area contributed by atoms with Crippen LogP contribution < -0.4 is 0 Å². The van der Waals surface area contributed by atoms with E-state index in [1.807, 2.05) is 0 Å². The van der Waals surface area contributed by atoms with Gasteiger partial charge in [-0.25, -0.2) is 12.8 Å². The Morgan fingerprint density at radius 3 is 2.77 bits per heavy atom. The summed E-state index contributed by atoms with van der Waals surface area (Å²) in [7, 11) is -3.94. The minimum Gasteiger partial charge on any atom is -0.337 e. The van der Waals surface area contributed by atoms with Crippen LogP contribution in [0.1, 0.15) is 19.8 Å². The Labute approximate surface area is 133 Å². The molecule has 0 unspecified atom stereocenters. The molecule has 0 radical (unpaired) electrons. The van der Waals surface area contributed by atoms with Crippen LogP contribution in [0.25, 0.3) is 0 Å². The number of piperazine rings is 1. The highest BCUT2D eigenvalue weighted by Gasteiger charge is 2.45. The summed E-state index contributed by atoms with van der Waals surface area (Å²) in [5.41, 5.74) is 0. The fourth-order valence-corrected chi connectivity index (χ4v) is 5.29. The zero-order valence-electron chi connectivity index (χ0n) is 12.0. The van der Waals surface area contributed by atoms with Gasteiger partial charge in [0, 0.05) is 19.1 Å². The van der Waals surface area contributed by atoms with Crippen molar-refractivity contribution in [3.63, 3.8) is 0 Å². The van der Waals surface area contributed by atoms with Gasteiger partial charge in [-0.2, -0.15) is 4.31 Å². The molecule has 5 nitrogen and oxygen atoms in total. The van der Waals surface area contributed by atoms with E-state index in [-0.39, 0.29) is 28.4 Å². The normalized spacial score (nSPS) is 26.3. The van der Waals surface area contributed by atoms with E-state index < -0.39 is 21.9 Å². The van der Waals surface area contributed by atoms with E-state index in [1.165, 1.54) is 4.31 Å². The molecule has 120 valence electrons. The molecule has 2 aliphatic rings. The van der Waals surface area contributed by atoms with Crippen LogP contribution in [0, 0.1) is 5.82 Å². The third-order valence-electron chi connectivity index (χ3n) is 4.32. The Balaban J connectivity index is 1.99. The Morgan fingerprint density at radius 1 is 1.36 bits per heavy atom. The van der Waals surface area contributed by atoms with Gasteiger partial charge in [0.2, 0.25) is 15.9 Å². The number of halogens is 2. The Kier molecular flexibility index (Phi) is 3.91. The molecule has 0 saturated carbocycles. The molecule has 2 heterocycles. The van der Waals surface area contributed by atoms with Gasteiger partial charge >= 0.3 is 0 Å². The third kappa shape index (κ3) is 2.41. The van der Waals surface area contributed by atoms with Gasteiger partial charge < -0.3 is 4.90 Å². The Morgan fingerprint density at radius 2 is 2.09 bits per heavy atom. The molecule has 2 aliphatic heterocycles. The predicted octanol–water partition coefficient (Wildman–Crippen LogP) is 1.86. The van der Waals surface area contributed by atoms with Crippen molar-refractivity contribution in [1.82, 2.24) is 9.21 Å². The maximum atomic E-state index is 13.1. The highest BCUT2D eigenvalue weighted by atomic mass is 35.5. The Hall–Kier alpha value is -1.18. The van der Waals surface area contributed by atoms with E-state index in [2.05, 4.69) is 0 Å². The minimum atomic E-state index is -3.94. The van der Waals surface area contributed by atoms with Crippen molar-refractivity contribution in [2.75, 3.05) is 13.1 Å². The lowest BCUT2D eigenvalue weighted by molar-refractivity contribution is -0.139. The number of hydrogen-bond donors (Lipinski definition) is 0. The summed E-state index contributed by atoms with van der Waals surface area (Å²) in [6.45, 7) is 2.51. The standard InChI is InChI=1S/C14H16ClFN2O3S/c1-9-14(19)17-6-2-3-11(17)8-18(9)22(20,21)13-5-4-10(16)7-12(13)15/h4-5,7,9,11H,2-3,6,8H2,1H3/t9-,11+/m1/s1. The molecule has 0 aliphatic carbocycles. The number of amides is 1. The second-order valence-electron chi connectivity index (χ2n) is 5.65. The van der Waals surface area contributed by atoms with Crippen molar-refractivity contribution in [2.45, 2.75) is 36.7 Å². The number of sulfonamides is 1. The quantitative estimate of drug-likeness (QED) is 0.821. The molecule has 0 aromatic heterocycles. The molecule has 2 saturated heterocycles. The van der Waals surface area contributed by atoms with Crippen LogP contribution in [-0.2, 0) is 14.8 Å². The van der Waals surface area contributed by atoms with Crippen molar-refractivity contribution in [3.8, 4) is 0 Å². The molecule has 0 bridgehead atoms. The summed E-state index contributed by atoms with van der Waals surface area (Å²) in [6.07, 6.45) is 1.68. The van der Waals surface area contributed by atoms with Crippen LogP contribution in [0.5, 0.6) is 0 Å². The first-order chi connectivity index (χ1) is 10.3. The first-order valence-electron chi connectivity index (χ1n) is 7.10. The monoisotopic (exact) mass is 346 g/mol. The van der Waals surface area contributed by atoms with Gasteiger partial charge in [0.1, 0.15) is 16.8 Å². The second-order valence-corrected chi connectivity index (χ2v) is 7.92. The summed E-state index contributed by atoms with van der Waals surface area (Å²) >= 11 is 5.89. The molecule has 3 rings (SSSR count). The molecule has 2 atom stereocenters. The van der Waals surface area contributed by atoms with Crippen LogP contribution in [0.2, 0.25) is 5.02 Å². The van der Waals surface area contributed by atoms with Crippen molar-refractivity contribution >= 4 is 27.5 Å². The smallest absolute Gasteiger partial charge is 0.245 e. The van der Waals surface area contributed by atoms with E-state index in [0.29, 0.717) is 6.54 Å². The van der Waals surface area contributed by atoms with Gasteiger partial charge in [0.25, 0.3) is 0 Å². The van der Waals surface area contributed by atoms with Crippen LogP contribution in [0.3, 0.4) is 0 Å². The van der Waals surface area contributed by atoms with Gasteiger partial charge in [-0.15, -0.1) is 0 Å². The summed E-state index contributed by atoms with van der Waals surface area (Å²) in [5.74, 6) is -0.788. The SMILES string of the molecule is C[C@@H]1C(=O)N2CCC[C@H]2CN1S(=O)(=O)c1ccc(F)cc1Cl. The van der Waals surface area contributed by atoms with E-state index in [0.717, 1.165) is 31.0 Å². The largest absolute Gasteiger partial charge is 0.337 e. The number of nitrogens with zero attached hydrogens (tertiary/aromatic N) is 2. The van der Waals surface area contributed by atoms with E-state index >= 15 is 0 Å². The first-order valence-corrected chi connectivity index (χ1v) is 8.91. The average Bonchev–Trinajstić information content (AvgIpc) is 2.90. The number of rotatable bonds is 2. The summed E-state index contributed by atoms with van der Waals surface area (Å²) in [4.78, 5) is 13.9. The topological polar surface area (TPSA) is 57.7 Å². The molecule has 2 fully saturated rings. The van der Waals surface area contributed by atoms with Gasteiger partial charge in [0.15, 0.2) is 0 Å².